The molecule has 4 heteroatoms. The number of nitrogens with zero attached hydrogens (tertiary/aromatic N) is 1. The van der Waals surface area contributed by atoms with E-state index in [1.165, 1.54) is 10.6 Å². The molecule has 1 aliphatic rings. The largest absolute Gasteiger partial charge is 0.262 e. The maximum Gasteiger partial charge on any atom is 0.232 e. The molecule has 1 heterocycles. The van der Waals surface area contributed by atoms with Crippen LogP contribution in [0.15, 0.2) is 30.8 Å². The van der Waals surface area contributed by atoms with Gasteiger partial charge in [0.15, 0.2) is 0 Å². The topological polar surface area (TPSA) is 37.4 Å². The molecule has 2 rings (SSSR count). The minimum Gasteiger partial charge on any atom is -0.262 e. The summed E-state index contributed by atoms with van der Waals surface area (Å²) in [6.07, 6.45) is 1.98. The lowest BCUT2D eigenvalue weighted by molar-refractivity contribution is 0.592. The Bertz CT molecular complexity index is 534. The van der Waals surface area contributed by atoms with Crippen LogP contribution in [-0.2, 0) is 10.0 Å². The molecule has 1 aromatic rings. The molecule has 0 N–H and O–H groups in total. The Labute approximate surface area is 96.4 Å². The van der Waals surface area contributed by atoms with Gasteiger partial charge in [-0.2, -0.15) is 0 Å². The lowest BCUT2D eigenvalue weighted by Gasteiger charge is -2.24. The van der Waals surface area contributed by atoms with Crippen molar-refractivity contribution >= 4 is 21.3 Å². The molecule has 0 fully saturated rings. The molecular weight excluding hydrogens is 222 g/mol. The zero-order valence-electron chi connectivity index (χ0n) is 9.47. The molecule has 1 unspecified atom stereocenters. The monoisotopic (exact) mass is 237 g/mol. The SMILES string of the molecule is C=C1c2ccccc2N(S(C)(=O)=O)C1CC. The van der Waals surface area contributed by atoms with E-state index in [0.717, 1.165) is 23.2 Å². The van der Waals surface area contributed by atoms with Crippen LogP contribution < -0.4 is 4.31 Å². The number of hydrogen-bond acceptors (Lipinski definition) is 2. The Balaban J connectivity index is 2.65. The van der Waals surface area contributed by atoms with Gasteiger partial charge in [-0.3, -0.25) is 4.31 Å². The van der Waals surface area contributed by atoms with Crippen LogP contribution >= 0.6 is 0 Å². The molecule has 1 aromatic carbocycles. The van der Waals surface area contributed by atoms with Gasteiger partial charge >= 0.3 is 0 Å². The van der Waals surface area contributed by atoms with Crippen LogP contribution in [0.5, 0.6) is 0 Å². The van der Waals surface area contributed by atoms with E-state index >= 15 is 0 Å². The molecule has 0 aromatic heterocycles. The molecule has 0 bridgehead atoms. The van der Waals surface area contributed by atoms with Gasteiger partial charge in [-0.25, -0.2) is 8.42 Å². The standard InChI is InChI=1S/C12H15NO2S/c1-4-11-9(2)10-7-5-6-8-12(10)13(11)16(3,14)15/h5-8,11H,2,4H2,1,3H3. The van der Waals surface area contributed by atoms with Gasteiger partial charge in [0.1, 0.15) is 0 Å². The van der Waals surface area contributed by atoms with Gasteiger partial charge in [-0.1, -0.05) is 31.7 Å². The molecule has 1 aliphatic heterocycles. The van der Waals surface area contributed by atoms with Crippen LogP contribution in [0.1, 0.15) is 18.9 Å². The summed E-state index contributed by atoms with van der Waals surface area (Å²) < 4.78 is 25.1. The summed E-state index contributed by atoms with van der Waals surface area (Å²) in [6.45, 7) is 5.98. The van der Waals surface area contributed by atoms with Crippen LogP contribution in [-0.4, -0.2) is 20.7 Å². The first-order chi connectivity index (χ1) is 7.46. The molecule has 86 valence electrons. The van der Waals surface area contributed by atoms with Crippen molar-refractivity contribution in [3.63, 3.8) is 0 Å². The molecule has 0 saturated carbocycles. The first-order valence-corrected chi connectivity index (χ1v) is 7.09. The fraction of sp³-hybridized carbons (Fsp3) is 0.333. The lowest BCUT2D eigenvalue weighted by Crippen LogP contribution is -2.35. The Morgan fingerprint density at radius 1 is 1.38 bits per heavy atom. The van der Waals surface area contributed by atoms with Crippen molar-refractivity contribution in [1.29, 1.82) is 0 Å². The van der Waals surface area contributed by atoms with Gasteiger partial charge in [-0.05, 0) is 18.1 Å². The normalized spacial score (nSPS) is 20.0. The van der Waals surface area contributed by atoms with Gasteiger partial charge < -0.3 is 0 Å². The first-order valence-electron chi connectivity index (χ1n) is 5.24. The zero-order valence-corrected chi connectivity index (χ0v) is 10.3. The highest BCUT2D eigenvalue weighted by Gasteiger charge is 2.36. The molecular formula is C12H15NO2S. The van der Waals surface area contributed by atoms with Crippen LogP contribution in [0.2, 0.25) is 0 Å². The Kier molecular flexibility index (Phi) is 2.54. The number of hydrogen-bond donors (Lipinski definition) is 0. The summed E-state index contributed by atoms with van der Waals surface area (Å²) in [4.78, 5) is 0. The van der Waals surface area contributed by atoms with E-state index in [0.29, 0.717) is 0 Å². The fourth-order valence-corrected chi connectivity index (χ4v) is 3.50. The van der Waals surface area contributed by atoms with E-state index in [2.05, 4.69) is 6.58 Å². The number of fused-ring (bicyclic) bond motifs is 1. The fourth-order valence-electron chi connectivity index (χ4n) is 2.25. The maximum atomic E-state index is 11.8. The zero-order chi connectivity index (χ0) is 11.9. The predicted octanol–water partition coefficient (Wildman–Crippen LogP) is 2.26. The average Bonchev–Trinajstić information content (AvgIpc) is 2.51. The Hall–Kier alpha value is -1.29. The molecule has 0 saturated heterocycles. The van der Waals surface area contributed by atoms with Crippen LogP contribution in [0.4, 0.5) is 5.69 Å². The second kappa shape index (κ2) is 3.63. The van der Waals surface area contributed by atoms with Crippen molar-refractivity contribution in [2.75, 3.05) is 10.6 Å². The number of sulfonamides is 1. The summed E-state index contributed by atoms with van der Waals surface area (Å²) in [5, 5.41) is 0. The van der Waals surface area contributed by atoms with Crippen molar-refractivity contribution < 1.29 is 8.42 Å². The maximum absolute atomic E-state index is 11.8. The second-order valence-electron chi connectivity index (χ2n) is 4.03. The molecule has 0 aliphatic carbocycles. The van der Waals surface area contributed by atoms with Crippen molar-refractivity contribution in [3.05, 3.63) is 36.4 Å². The summed E-state index contributed by atoms with van der Waals surface area (Å²) in [5.41, 5.74) is 2.59. The van der Waals surface area contributed by atoms with E-state index in [1.807, 2.05) is 31.2 Å². The van der Waals surface area contributed by atoms with Gasteiger partial charge in [0.2, 0.25) is 10.0 Å². The smallest absolute Gasteiger partial charge is 0.232 e. The third kappa shape index (κ3) is 1.53. The Morgan fingerprint density at radius 3 is 2.56 bits per heavy atom. The highest BCUT2D eigenvalue weighted by atomic mass is 32.2. The number of para-hydroxylation sites is 1. The van der Waals surface area contributed by atoms with Gasteiger partial charge in [0.05, 0.1) is 18.0 Å². The highest BCUT2D eigenvalue weighted by molar-refractivity contribution is 7.92. The Morgan fingerprint density at radius 2 is 2.00 bits per heavy atom. The summed E-state index contributed by atoms with van der Waals surface area (Å²) in [5.74, 6) is 0. The lowest BCUT2D eigenvalue weighted by atomic mass is 10.0. The minimum absolute atomic E-state index is 0.132. The third-order valence-corrected chi connectivity index (χ3v) is 4.08. The van der Waals surface area contributed by atoms with Crippen molar-refractivity contribution in [1.82, 2.24) is 0 Å². The minimum atomic E-state index is -3.24. The predicted molar refractivity (Wildman–Crippen MR) is 66.9 cm³/mol. The average molecular weight is 237 g/mol. The molecule has 16 heavy (non-hydrogen) atoms. The van der Waals surface area contributed by atoms with Crippen molar-refractivity contribution in [2.45, 2.75) is 19.4 Å². The molecule has 3 nitrogen and oxygen atoms in total. The van der Waals surface area contributed by atoms with Gasteiger partial charge in [0, 0.05) is 5.56 Å². The number of anilines is 1. The van der Waals surface area contributed by atoms with Crippen LogP contribution in [0, 0.1) is 0 Å². The third-order valence-electron chi connectivity index (χ3n) is 2.92. The molecule has 0 radical (unpaired) electrons. The van der Waals surface area contributed by atoms with Gasteiger partial charge in [0.25, 0.3) is 0 Å². The second-order valence-corrected chi connectivity index (χ2v) is 5.88. The summed E-state index contributed by atoms with van der Waals surface area (Å²) in [7, 11) is -3.24. The first kappa shape index (κ1) is 11.2. The van der Waals surface area contributed by atoms with E-state index < -0.39 is 10.0 Å². The van der Waals surface area contributed by atoms with Crippen molar-refractivity contribution in [2.24, 2.45) is 0 Å². The highest BCUT2D eigenvalue weighted by Crippen LogP contribution is 2.41. The van der Waals surface area contributed by atoms with E-state index in [-0.39, 0.29) is 6.04 Å². The van der Waals surface area contributed by atoms with E-state index in [9.17, 15) is 8.42 Å². The van der Waals surface area contributed by atoms with E-state index in [1.54, 1.807) is 0 Å². The summed E-state index contributed by atoms with van der Waals surface area (Å²) >= 11 is 0. The van der Waals surface area contributed by atoms with Crippen molar-refractivity contribution in [3.8, 4) is 0 Å². The molecule has 0 amide bonds. The summed E-state index contributed by atoms with van der Waals surface area (Å²) in [6, 6.07) is 7.38. The molecule has 1 atom stereocenters. The number of rotatable bonds is 2. The van der Waals surface area contributed by atoms with E-state index in [4.69, 9.17) is 0 Å². The quantitative estimate of drug-likeness (QED) is 0.791. The van der Waals surface area contributed by atoms with Crippen LogP contribution in [0.25, 0.3) is 5.57 Å². The van der Waals surface area contributed by atoms with Gasteiger partial charge in [-0.15, -0.1) is 0 Å². The molecule has 0 spiro atoms. The number of benzene rings is 1. The van der Waals surface area contributed by atoms with Crippen LogP contribution in [0.3, 0.4) is 0 Å².